The monoisotopic (exact) mass is 540 g/mol. The molecule has 3 fully saturated rings. The van der Waals surface area contributed by atoms with E-state index in [4.69, 9.17) is 4.74 Å². The normalized spacial score (nSPS) is 36.6. The summed E-state index contributed by atoms with van der Waals surface area (Å²) in [5.41, 5.74) is 2.54. The molecule has 0 heterocycles. The SMILES string of the molecule is CCCCCCCCCC(=O)O[C@H]1CC[C@@]2(C)C(=CC[C@@H]3[C@@H]4CC[C@H]([C@H](C)CCCC(C)C)[C@@]4(C)CC[C@@H]32)C1. The largest absolute Gasteiger partial charge is 0.462 e. The minimum atomic E-state index is 0.0550. The van der Waals surface area contributed by atoms with Gasteiger partial charge in [0.05, 0.1) is 0 Å². The summed E-state index contributed by atoms with van der Waals surface area (Å²) < 4.78 is 6.06. The highest BCUT2D eigenvalue weighted by Crippen LogP contribution is 2.67. The summed E-state index contributed by atoms with van der Waals surface area (Å²) in [7, 11) is 0. The highest BCUT2D eigenvalue weighted by Gasteiger charge is 2.59. The first-order valence-electron chi connectivity index (χ1n) is 17.6. The van der Waals surface area contributed by atoms with Crippen molar-refractivity contribution in [2.24, 2.45) is 46.3 Å². The van der Waals surface area contributed by atoms with Gasteiger partial charge in [0.2, 0.25) is 0 Å². The Kier molecular flexibility index (Phi) is 11.1. The number of fused-ring (bicyclic) bond motifs is 5. The average Bonchev–Trinajstić information content (AvgIpc) is 3.25. The third kappa shape index (κ3) is 7.17. The van der Waals surface area contributed by atoms with Gasteiger partial charge in [-0.1, -0.05) is 111 Å². The number of hydrogen-bond acceptors (Lipinski definition) is 2. The quantitative estimate of drug-likeness (QED) is 0.124. The van der Waals surface area contributed by atoms with E-state index in [1.165, 1.54) is 96.3 Å². The van der Waals surface area contributed by atoms with E-state index in [2.05, 4.69) is 47.6 Å². The number of hydrogen-bond donors (Lipinski definition) is 0. The van der Waals surface area contributed by atoms with Crippen LogP contribution in [-0.4, -0.2) is 12.1 Å². The third-order valence-electron chi connectivity index (χ3n) is 12.5. The van der Waals surface area contributed by atoms with Gasteiger partial charge in [-0.2, -0.15) is 0 Å². The maximum absolute atomic E-state index is 12.6. The molecule has 0 aliphatic heterocycles. The molecular weight excluding hydrogens is 476 g/mol. The zero-order valence-electron chi connectivity index (χ0n) is 26.9. The van der Waals surface area contributed by atoms with E-state index in [-0.39, 0.29) is 12.1 Å². The minimum absolute atomic E-state index is 0.0550. The Labute approximate surface area is 242 Å². The molecule has 0 bridgehead atoms. The number of carbonyl (C=O) groups excluding carboxylic acids is 1. The van der Waals surface area contributed by atoms with Crippen LogP contribution >= 0.6 is 0 Å². The molecule has 0 aromatic carbocycles. The Bertz CT molecular complexity index is 812. The van der Waals surface area contributed by atoms with Gasteiger partial charge in [-0.05, 0) is 97.7 Å². The second-order valence-electron chi connectivity index (χ2n) is 15.5. The lowest BCUT2D eigenvalue weighted by atomic mass is 9.47. The molecule has 4 rings (SSSR count). The Morgan fingerprint density at radius 2 is 1.64 bits per heavy atom. The molecule has 39 heavy (non-hydrogen) atoms. The Hall–Kier alpha value is -0.790. The zero-order valence-corrected chi connectivity index (χ0v) is 26.9. The van der Waals surface area contributed by atoms with Crippen molar-refractivity contribution in [3.05, 3.63) is 11.6 Å². The van der Waals surface area contributed by atoms with Crippen LogP contribution in [-0.2, 0) is 9.53 Å². The van der Waals surface area contributed by atoms with E-state index in [0.29, 0.717) is 17.3 Å². The maximum Gasteiger partial charge on any atom is 0.306 e. The smallest absolute Gasteiger partial charge is 0.306 e. The molecule has 4 aliphatic rings. The molecule has 0 aromatic heterocycles. The van der Waals surface area contributed by atoms with Crippen LogP contribution in [0.15, 0.2) is 11.6 Å². The van der Waals surface area contributed by atoms with E-state index in [1.807, 2.05) is 0 Å². The molecular formula is C37H64O2. The summed E-state index contributed by atoms with van der Waals surface area (Å²) in [5, 5.41) is 0. The molecule has 2 nitrogen and oxygen atoms in total. The third-order valence-corrected chi connectivity index (χ3v) is 12.5. The van der Waals surface area contributed by atoms with Crippen LogP contribution in [0.5, 0.6) is 0 Å². The van der Waals surface area contributed by atoms with Crippen molar-refractivity contribution in [2.75, 3.05) is 0 Å². The van der Waals surface area contributed by atoms with E-state index in [0.717, 1.165) is 54.8 Å². The number of unbranched alkanes of at least 4 members (excludes halogenated alkanes) is 6. The summed E-state index contributed by atoms with van der Waals surface area (Å²) in [6.45, 7) is 14.9. The summed E-state index contributed by atoms with van der Waals surface area (Å²) in [6.07, 6.45) is 26.7. The standard InChI is InChI=1S/C37H64O2/c1-7-8-9-10-11-12-13-17-35(38)39-30-22-24-36(5)29(26-30)18-19-31-33-21-20-32(28(4)16-14-15-27(2)3)37(33,6)25-23-34(31)36/h18,27-28,30-34H,7-17,19-26H2,1-6H3/t28-,30+,31-,32-,33+,34+,36+,37-/m1/s1. The first kappa shape index (κ1) is 31.2. The van der Waals surface area contributed by atoms with Crippen LogP contribution < -0.4 is 0 Å². The maximum atomic E-state index is 12.6. The van der Waals surface area contributed by atoms with Gasteiger partial charge in [-0.25, -0.2) is 0 Å². The lowest BCUT2D eigenvalue weighted by molar-refractivity contribution is -0.151. The van der Waals surface area contributed by atoms with Gasteiger partial charge in [0, 0.05) is 12.8 Å². The highest BCUT2D eigenvalue weighted by atomic mass is 16.5. The Morgan fingerprint density at radius 3 is 2.38 bits per heavy atom. The van der Waals surface area contributed by atoms with Gasteiger partial charge in [0.15, 0.2) is 0 Å². The Morgan fingerprint density at radius 1 is 0.897 bits per heavy atom. The van der Waals surface area contributed by atoms with E-state index >= 15 is 0 Å². The summed E-state index contributed by atoms with van der Waals surface area (Å²) in [6, 6.07) is 0. The first-order valence-corrected chi connectivity index (χ1v) is 17.6. The molecule has 0 unspecified atom stereocenters. The molecule has 0 N–H and O–H groups in total. The molecule has 8 atom stereocenters. The summed E-state index contributed by atoms with van der Waals surface area (Å²) in [4.78, 5) is 12.6. The highest BCUT2D eigenvalue weighted by molar-refractivity contribution is 5.69. The zero-order chi connectivity index (χ0) is 28.0. The fraction of sp³-hybridized carbons (Fsp3) is 0.919. The van der Waals surface area contributed by atoms with Crippen LogP contribution in [0.25, 0.3) is 0 Å². The van der Waals surface area contributed by atoms with Gasteiger partial charge in [-0.3, -0.25) is 4.79 Å². The second kappa shape index (κ2) is 13.9. The van der Waals surface area contributed by atoms with Crippen LogP contribution in [0.3, 0.4) is 0 Å². The van der Waals surface area contributed by atoms with Crippen molar-refractivity contribution < 1.29 is 9.53 Å². The minimum Gasteiger partial charge on any atom is -0.462 e. The van der Waals surface area contributed by atoms with Crippen molar-refractivity contribution in [1.82, 2.24) is 0 Å². The molecule has 224 valence electrons. The number of rotatable bonds is 14. The van der Waals surface area contributed by atoms with Crippen LogP contribution in [0.2, 0.25) is 0 Å². The Balaban J connectivity index is 1.29. The molecule has 3 saturated carbocycles. The van der Waals surface area contributed by atoms with Gasteiger partial charge in [0.1, 0.15) is 6.10 Å². The van der Waals surface area contributed by atoms with Crippen molar-refractivity contribution in [3.63, 3.8) is 0 Å². The molecule has 0 saturated heterocycles. The fourth-order valence-electron chi connectivity index (χ4n) is 10.2. The van der Waals surface area contributed by atoms with E-state index in [1.54, 1.807) is 5.57 Å². The predicted molar refractivity (Wildman–Crippen MR) is 166 cm³/mol. The van der Waals surface area contributed by atoms with Crippen molar-refractivity contribution in [3.8, 4) is 0 Å². The van der Waals surface area contributed by atoms with Crippen molar-refractivity contribution in [1.29, 1.82) is 0 Å². The molecule has 0 amide bonds. The molecule has 0 radical (unpaired) electrons. The van der Waals surface area contributed by atoms with Gasteiger partial charge < -0.3 is 4.74 Å². The number of esters is 1. The van der Waals surface area contributed by atoms with Gasteiger partial charge in [0.25, 0.3) is 0 Å². The number of carbonyl (C=O) groups is 1. The second-order valence-corrected chi connectivity index (χ2v) is 15.5. The topological polar surface area (TPSA) is 26.3 Å². The van der Waals surface area contributed by atoms with Gasteiger partial charge >= 0.3 is 5.97 Å². The summed E-state index contributed by atoms with van der Waals surface area (Å²) >= 11 is 0. The molecule has 0 aromatic rings. The molecule has 0 spiro atoms. The average molecular weight is 541 g/mol. The lowest BCUT2D eigenvalue weighted by Gasteiger charge is -2.58. The first-order chi connectivity index (χ1) is 18.7. The molecule has 2 heteroatoms. The fourth-order valence-corrected chi connectivity index (χ4v) is 10.2. The number of allylic oxidation sites excluding steroid dienone is 1. The number of ether oxygens (including phenoxy) is 1. The molecule has 4 aliphatic carbocycles. The lowest BCUT2D eigenvalue weighted by Crippen LogP contribution is -2.51. The van der Waals surface area contributed by atoms with Crippen LogP contribution in [0.4, 0.5) is 0 Å². The van der Waals surface area contributed by atoms with Gasteiger partial charge in [-0.15, -0.1) is 0 Å². The van der Waals surface area contributed by atoms with E-state index in [9.17, 15) is 4.79 Å². The van der Waals surface area contributed by atoms with E-state index < -0.39 is 0 Å². The van der Waals surface area contributed by atoms with Crippen molar-refractivity contribution >= 4 is 5.97 Å². The van der Waals surface area contributed by atoms with Crippen LogP contribution in [0, 0.1) is 46.3 Å². The predicted octanol–water partition coefficient (Wildman–Crippen LogP) is 11.1. The summed E-state index contributed by atoms with van der Waals surface area (Å²) in [5.74, 6) is 5.34. The van der Waals surface area contributed by atoms with Crippen LogP contribution in [0.1, 0.15) is 164 Å². The van der Waals surface area contributed by atoms with Crippen molar-refractivity contribution in [2.45, 2.75) is 170 Å².